The van der Waals surface area contributed by atoms with Crippen LogP contribution < -0.4 is 10.6 Å². The van der Waals surface area contributed by atoms with Gasteiger partial charge >= 0.3 is 6.18 Å². The Kier molecular flexibility index (Phi) is 7.72. The molecule has 1 rings (SSSR count). The Morgan fingerprint density at radius 1 is 1.05 bits per heavy atom. The molecule has 1 aliphatic rings. The monoisotopic (exact) mass is 294 g/mol. The van der Waals surface area contributed by atoms with Gasteiger partial charge in [-0.25, -0.2) is 0 Å². The van der Waals surface area contributed by atoms with Gasteiger partial charge in [0, 0.05) is 26.7 Å². The first-order valence-electron chi connectivity index (χ1n) is 7.25. The standard InChI is InChI=1S/C13H25F3N4/c1-17-12(18-7-6-13(14,15)16)19-8-11-20-9-4-2-3-5-10-20/h2-11H2,1H3,(H2,17,18,19). The molecule has 1 aliphatic heterocycles. The van der Waals surface area contributed by atoms with Gasteiger partial charge in [-0.05, 0) is 25.9 Å². The number of guanidine groups is 1. The van der Waals surface area contributed by atoms with Crippen molar-refractivity contribution in [2.24, 2.45) is 4.99 Å². The molecule has 118 valence electrons. The number of rotatable bonds is 5. The number of hydrogen-bond acceptors (Lipinski definition) is 2. The van der Waals surface area contributed by atoms with Gasteiger partial charge in [0.2, 0.25) is 0 Å². The third-order valence-corrected chi connectivity index (χ3v) is 3.34. The fraction of sp³-hybridized carbons (Fsp3) is 0.923. The molecule has 0 unspecified atom stereocenters. The van der Waals surface area contributed by atoms with Gasteiger partial charge in [-0.1, -0.05) is 12.8 Å². The maximum Gasteiger partial charge on any atom is 0.390 e. The summed E-state index contributed by atoms with van der Waals surface area (Å²) in [6, 6.07) is 0. The molecule has 0 spiro atoms. The quantitative estimate of drug-likeness (QED) is 0.602. The summed E-state index contributed by atoms with van der Waals surface area (Å²) in [4.78, 5) is 6.31. The van der Waals surface area contributed by atoms with Crippen molar-refractivity contribution in [1.82, 2.24) is 15.5 Å². The summed E-state index contributed by atoms with van der Waals surface area (Å²) in [5, 5.41) is 5.73. The maximum absolute atomic E-state index is 12.0. The molecule has 0 aliphatic carbocycles. The lowest BCUT2D eigenvalue weighted by Crippen LogP contribution is -2.42. The van der Waals surface area contributed by atoms with Gasteiger partial charge in [-0.2, -0.15) is 13.2 Å². The van der Waals surface area contributed by atoms with Crippen molar-refractivity contribution in [1.29, 1.82) is 0 Å². The Hall–Kier alpha value is -0.980. The smallest absolute Gasteiger partial charge is 0.356 e. The molecule has 0 bridgehead atoms. The van der Waals surface area contributed by atoms with Crippen molar-refractivity contribution in [3.8, 4) is 0 Å². The summed E-state index contributed by atoms with van der Waals surface area (Å²) in [6.45, 7) is 3.68. The number of nitrogens with zero attached hydrogens (tertiary/aromatic N) is 2. The van der Waals surface area contributed by atoms with Gasteiger partial charge in [-0.15, -0.1) is 0 Å². The highest BCUT2D eigenvalue weighted by atomic mass is 19.4. The third-order valence-electron chi connectivity index (χ3n) is 3.34. The molecule has 1 heterocycles. The Bertz CT molecular complexity index is 284. The normalized spacial score (nSPS) is 18.7. The Balaban J connectivity index is 2.14. The second-order valence-corrected chi connectivity index (χ2v) is 5.05. The van der Waals surface area contributed by atoms with E-state index in [1.165, 1.54) is 25.7 Å². The molecule has 0 atom stereocenters. The minimum Gasteiger partial charge on any atom is -0.356 e. The second-order valence-electron chi connectivity index (χ2n) is 5.05. The minimum atomic E-state index is -4.13. The van der Waals surface area contributed by atoms with Crippen molar-refractivity contribution >= 4 is 5.96 Å². The molecule has 1 fully saturated rings. The molecule has 0 saturated carbocycles. The summed E-state index contributed by atoms with van der Waals surface area (Å²) in [7, 11) is 1.56. The van der Waals surface area contributed by atoms with Crippen LogP contribution >= 0.6 is 0 Å². The Morgan fingerprint density at radius 3 is 2.20 bits per heavy atom. The number of aliphatic imine (C=N–C) groups is 1. The zero-order chi connectivity index (χ0) is 14.8. The molecular formula is C13H25F3N4. The molecule has 2 N–H and O–H groups in total. The van der Waals surface area contributed by atoms with Crippen LogP contribution in [0.4, 0.5) is 13.2 Å². The van der Waals surface area contributed by atoms with E-state index in [1.807, 2.05) is 0 Å². The lowest BCUT2D eigenvalue weighted by molar-refractivity contribution is -0.132. The van der Waals surface area contributed by atoms with Crippen molar-refractivity contribution in [3.05, 3.63) is 0 Å². The summed E-state index contributed by atoms with van der Waals surface area (Å²) in [6.07, 6.45) is 0.0873. The van der Waals surface area contributed by atoms with Crippen LogP contribution in [0.1, 0.15) is 32.1 Å². The SMILES string of the molecule is CN=C(NCCN1CCCCCC1)NCCC(F)(F)F. The van der Waals surface area contributed by atoms with Crippen LogP contribution in [0, 0.1) is 0 Å². The summed E-state index contributed by atoms with van der Waals surface area (Å²) in [5.74, 6) is 0.434. The summed E-state index contributed by atoms with van der Waals surface area (Å²) < 4.78 is 36.1. The largest absolute Gasteiger partial charge is 0.390 e. The zero-order valence-corrected chi connectivity index (χ0v) is 12.1. The van der Waals surface area contributed by atoms with Crippen LogP contribution in [0.2, 0.25) is 0 Å². The zero-order valence-electron chi connectivity index (χ0n) is 12.1. The van der Waals surface area contributed by atoms with Crippen LogP contribution in [-0.4, -0.2) is 56.8 Å². The minimum absolute atomic E-state index is 0.146. The van der Waals surface area contributed by atoms with Gasteiger partial charge < -0.3 is 15.5 Å². The van der Waals surface area contributed by atoms with Gasteiger partial charge in [0.25, 0.3) is 0 Å². The summed E-state index contributed by atoms with van der Waals surface area (Å²) in [5.41, 5.74) is 0. The molecular weight excluding hydrogens is 269 g/mol. The summed E-state index contributed by atoms with van der Waals surface area (Å²) >= 11 is 0. The first-order chi connectivity index (χ1) is 9.51. The Morgan fingerprint density at radius 2 is 1.65 bits per heavy atom. The van der Waals surface area contributed by atoms with Gasteiger partial charge in [0.05, 0.1) is 6.42 Å². The van der Waals surface area contributed by atoms with E-state index in [4.69, 9.17) is 0 Å². The number of halogens is 3. The molecule has 0 radical (unpaired) electrons. The van der Waals surface area contributed by atoms with E-state index in [-0.39, 0.29) is 6.54 Å². The number of nitrogens with one attached hydrogen (secondary N) is 2. The Labute approximate surface area is 118 Å². The van der Waals surface area contributed by atoms with E-state index in [0.717, 1.165) is 19.6 Å². The van der Waals surface area contributed by atoms with Crippen LogP contribution in [0.15, 0.2) is 4.99 Å². The van der Waals surface area contributed by atoms with Crippen LogP contribution in [-0.2, 0) is 0 Å². The molecule has 0 aromatic carbocycles. The van der Waals surface area contributed by atoms with Gasteiger partial charge in [0.15, 0.2) is 5.96 Å². The predicted octanol–water partition coefficient (Wildman–Crippen LogP) is 1.98. The van der Waals surface area contributed by atoms with E-state index in [1.54, 1.807) is 7.05 Å². The van der Waals surface area contributed by atoms with E-state index in [9.17, 15) is 13.2 Å². The molecule has 4 nitrogen and oxygen atoms in total. The number of hydrogen-bond donors (Lipinski definition) is 2. The highest BCUT2D eigenvalue weighted by Gasteiger charge is 2.26. The molecule has 0 aromatic heterocycles. The van der Waals surface area contributed by atoms with Crippen molar-refractivity contribution in [3.63, 3.8) is 0 Å². The third kappa shape index (κ3) is 8.24. The molecule has 1 saturated heterocycles. The lowest BCUT2D eigenvalue weighted by atomic mass is 10.2. The van der Waals surface area contributed by atoms with Crippen molar-refractivity contribution < 1.29 is 13.2 Å². The van der Waals surface area contributed by atoms with E-state index in [2.05, 4.69) is 20.5 Å². The molecule has 7 heteroatoms. The topological polar surface area (TPSA) is 39.7 Å². The first kappa shape index (κ1) is 17.1. The van der Waals surface area contributed by atoms with Gasteiger partial charge in [0.1, 0.15) is 0 Å². The second kappa shape index (κ2) is 9.05. The van der Waals surface area contributed by atoms with Crippen LogP contribution in [0.5, 0.6) is 0 Å². The van der Waals surface area contributed by atoms with Crippen molar-refractivity contribution in [2.75, 3.05) is 39.8 Å². The molecule has 0 amide bonds. The highest BCUT2D eigenvalue weighted by Crippen LogP contribution is 2.18. The molecule has 20 heavy (non-hydrogen) atoms. The fourth-order valence-corrected chi connectivity index (χ4v) is 2.24. The average molecular weight is 294 g/mol. The van der Waals surface area contributed by atoms with E-state index in [0.29, 0.717) is 12.5 Å². The number of likely N-dealkylation sites (tertiary alicyclic amines) is 1. The predicted molar refractivity (Wildman–Crippen MR) is 74.9 cm³/mol. The highest BCUT2D eigenvalue weighted by molar-refractivity contribution is 5.79. The lowest BCUT2D eigenvalue weighted by Gasteiger charge is -2.20. The van der Waals surface area contributed by atoms with Gasteiger partial charge in [-0.3, -0.25) is 4.99 Å². The van der Waals surface area contributed by atoms with Crippen LogP contribution in [0.25, 0.3) is 0 Å². The first-order valence-corrected chi connectivity index (χ1v) is 7.25. The van der Waals surface area contributed by atoms with Crippen molar-refractivity contribution in [2.45, 2.75) is 38.3 Å². The number of alkyl halides is 3. The molecule has 0 aromatic rings. The fourth-order valence-electron chi connectivity index (χ4n) is 2.24. The average Bonchev–Trinajstić information content (AvgIpc) is 2.64. The van der Waals surface area contributed by atoms with E-state index >= 15 is 0 Å². The maximum atomic E-state index is 12.0. The van der Waals surface area contributed by atoms with Crippen LogP contribution in [0.3, 0.4) is 0 Å². The van der Waals surface area contributed by atoms with E-state index < -0.39 is 12.6 Å².